The van der Waals surface area contributed by atoms with E-state index in [-0.39, 0.29) is 16.8 Å². The van der Waals surface area contributed by atoms with Gasteiger partial charge in [-0.15, -0.1) is 0 Å². The number of halogens is 3. The number of unbranched alkanes of at least 4 members (excludes halogenated alkanes) is 1. The first-order valence-electron chi connectivity index (χ1n) is 11.6. The average molecular weight is 512 g/mol. The molecule has 0 spiro atoms. The van der Waals surface area contributed by atoms with E-state index in [0.29, 0.717) is 50.9 Å². The minimum Gasteiger partial charge on any atom is -0.373 e. The van der Waals surface area contributed by atoms with Gasteiger partial charge in [0.25, 0.3) is 0 Å². The van der Waals surface area contributed by atoms with Crippen molar-refractivity contribution in [2.45, 2.75) is 55.6 Å². The molecule has 4 heterocycles. The summed E-state index contributed by atoms with van der Waals surface area (Å²) in [5.74, 6) is 0.346. The minimum atomic E-state index is -4.61. The molecule has 1 amide bonds. The molecule has 1 saturated heterocycles. The highest BCUT2D eigenvalue weighted by Gasteiger charge is 2.34. The van der Waals surface area contributed by atoms with Gasteiger partial charge in [-0.05, 0) is 48.9 Å². The molecule has 1 fully saturated rings. The number of pyridine rings is 2. The fourth-order valence-electron chi connectivity index (χ4n) is 4.53. The lowest BCUT2D eigenvalue weighted by Crippen LogP contribution is -2.39. The van der Waals surface area contributed by atoms with Crippen LogP contribution in [0.15, 0.2) is 41.7 Å². The Hall–Kier alpha value is -2.73. The SMILES string of the molecule is O=C(NCCCCC1CCN(S(=O)(=O)c2ccc(C(F)(F)F)nc2)CC1)C1Cc2cnccc2N1. The van der Waals surface area contributed by atoms with Gasteiger partial charge >= 0.3 is 6.18 Å². The van der Waals surface area contributed by atoms with Gasteiger partial charge in [0, 0.05) is 50.3 Å². The molecular weight excluding hydrogens is 483 g/mol. The number of carbonyl (C=O) groups is 1. The van der Waals surface area contributed by atoms with E-state index in [0.717, 1.165) is 42.8 Å². The van der Waals surface area contributed by atoms with E-state index in [4.69, 9.17) is 0 Å². The molecule has 2 aliphatic heterocycles. The number of nitrogens with zero attached hydrogens (tertiary/aromatic N) is 3. The molecule has 12 heteroatoms. The number of nitrogens with one attached hydrogen (secondary N) is 2. The molecule has 0 radical (unpaired) electrons. The van der Waals surface area contributed by atoms with Gasteiger partial charge in [-0.25, -0.2) is 8.42 Å². The molecule has 190 valence electrons. The van der Waals surface area contributed by atoms with Gasteiger partial charge < -0.3 is 10.6 Å². The Labute approximate surface area is 202 Å². The van der Waals surface area contributed by atoms with Crippen LogP contribution in [0.1, 0.15) is 43.4 Å². The van der Waals surface area contributed by atoms with E-state index in [1.165, 1.54) is 4.31 Å². The molecule has 1 atom stereocenters. The Balaban J connectivity index is 1.14. The standard InChI is InChI=1S/C23H28F3N5O3S/c24-23(25,26)21-5-4-18(15-29-21)35(33,34)31-11-7-16(8-12-31)3-1-2-9-28-22(32)20-13-17-14-27-10-6-19(17)30-20/h4-6,10,14-16,20,30H,1-3,7-9,11-13H2,(H,28,32). The number of piperidine rings is 1. The summed E-state index contributed by atoms with van der Waals surface area (Å²) in [7, 11) is -3.87. The number of hydrogen-bond donors (Lipinski definition) is 2. The van der Waals surface area contributed by atoms with Gasteiger partial charge in [0.1, 0.15) is 16.6 Å². The predicted molar refractivity (Wildman–Crippen MR) is 123 cm³/mol. The number of anilines is 1. The second kappa shape index (κ2) is 10.5. The van der Waals surface area contributed by atoms with E-state index in [2.05, 4.69) is 20.6 Å². The van der Waals surface area contributed by atoms with E-state index < -0.39 is 21.9 Å². The number of carbonyl (C=O) groups excluding carboxylic acids is 1. The maximum Gasteiger partial charge on any atom is 0.433 e. The summed E-state index contributed by atoms with van der Waals surface area (Å²) in [4.78, 5) is 19.5. The third kappa shape index (κ3) is 6.10. The number of rotatable bonds is 8. The van der Waals surface area contributed by atoms with Gasteiger partial charge in [0.2, 0.25) is 15.9 Å². The summed E-state index contributed by atoms with van der Waals surface area (Å²) >= 11 is 0. The highest BCUT2D eigenvalue weighted by Crippen LogP contribution is 2.30. The Morgan fingerprint density at radius 3 is 2.57 bits per heavy atom. The second-order valence-electron chi connectivity index (χ2n) is 8.95. The Kier molecular flexibility index (Phi) is 7.60. The lowest BCUT2D eigenvalue weighted by atomic mass is 9.92. The first kappa shape index (κ1) is 25.4. The number of alkyl halides is 3. The molecule has 0 saturated carbocycles. The molecule has 2 aromatic heterocycles. The van der Waals surface area contributed by atoms with Crippen molar-refractivity contribution in [3.8, 4) is 0 Å². The zero-order valence-corrected chi connectivity index (χ0v) is 19.9. The Morgan fingerprint density at radius 1 is 1.14 bits per heavy atom. The van der Waals surface area contributed by atoms with E-state index in [1.807, 2.05) is 6.07 Å². The zero-order valence-electron chi connectivity index (χ0n) is 19.1. The summed E-state index contributed by atoms with van der Waals surface area (Å²) in [5, 5.41) is 6.17. The monoisotopic (exact) mass is 511 g/mol. The smallest absolute Gasteiger partial charge is 0.373 e. The summed E-state index contributed by atoms with van der Waals surface area (Å²) in [6, 6.07) is 3.24. The van der Waals surface area contributed by atoms with Crippen molar-refractivity contribution in [2.24, 2.45) is 5.92 Å². The van der Waals surface area contributed by atoms with Crippen LogP contribution in [0, 0.1) is 5.92 Å². The summed E-state index contributed by atoms with van der Waals surface area (Å²) in [6.45, 7) is 1.24. The molecule has 2 aromatic rings. The van der Waals surface area contributed by atoms with Gasteiger partial charge in [-0.1, -0.05) is 12.8 Å². The van der Waals surface area contributed by atoms with E-state index in [1.54, 1.807) is 12.4 Å². The second-order valence-corrected chi connectivity index (χ2v) is 10.9. The van der Waals surface area contributed by atoms with Crippen molar-refractivity contribution in [3.05, 3.63) is 48.0 Å². The van der Waals surface area contributed by atoms with Crippen LogP contribution in [0.3, 0.4) is 0 Å². The largest absolute Gasteiger partial charge is 0.433 e. The van der Waals surface area contributed by atoms with Crippen molar-refractivity contribution < 1.29 is 26.4 Å². The topological polar surface area (TPSA) is 104 Å². The molecule has 35 heavy (non-hydrogen) atoms. The number of fused-ring (bicyclic) bond motifs is 1. The maximum absolute atomic E-state index is 12.8. The third-order valence-corrected chi connectivity index (χ3v) is 8.43. The van der Waals surface area contributed by atoms with Crippen LogP contribution in [-0.4, -0.2) is 54.3 Å². The predicted octanol–water partition coefficient (Wildman–Crippen LogP) is 3.22. The van der Waals surface area contributed by atoms with Crippen LogP contribution >= 0.6 is 0 Å². The van der Waals surface area contributed by atoms with Gasteiger partial charge in [0.05, 0.1) is 0 Å². The average Bonchev–Trinajstić information content (AvgIpc) is 3.28. The lowest BCUT2D eigenvalue weighted by Gasteiger charge is -2.31. The van der Waals surface area contributed by atoms with Crippen LogP contribution in [0.5, 0.6) is 0 Å². The first-order chi connectivity index (χ1) is 16.6. The molecule has 4 rings (SSSR count). The molecule has 8 nitrogen and oxygen atoms in total. The lowest BCUT2D eigenvalue weighted by molar-refractivity contribution is -0.141. The van der Waals surface area contributed by atoms with Crippen LogP contribution < -0.4 is 10.6 Å². The number of hydrogen-bond acceptors (Lipinski definition) is 6. The molecule has 1 unspecified atom stereocenters. The van der Waals surface area contributed by atoms with Crippen molar-refractivity contribution in [3.63, 3.8) is 0 Å². The summed E-state index contributed by atoms with van der Waals surface area (Å²) in [5.41, 5.74) is 0.868. The fraction of sp³-hybridized carbons (Fsp3) is 0.522. The molecule has 0 aromatic carbocycles. The van der Waals surface area contributed by atoms with Crippen LogP contribution in [-0.2, 0) is 27.4 Å². The zero-order chi connectivity index (χ0) is 25.1. The van der Waals surface area contributed by atoms with Gasteiger partial charge in [0.15, 0.2) is 0 Å². The molecule has 0 bridgehead atoms. The third-order valence-electron chi connectivity index (χ3n) is 6.55. The van der Waals surface area contributed by atoms with E-state index in [9.17, 15) is 26.4 Å². The maximum atomic E-state index is 12.8. The summed E-state index contributed by atoms with van der Waals surface area (Å²) < 4.78 is 64.9. The van der Waals surface area contributed by atoms with Crippen molar-refractivity contribution in [1.82, 2.24) is 19.6 Å². The van der Waals surface area contributed by atoms with Crippen molar-refractivity contribution in [2.75, 3.05) is 25.0 Å². The molecule has 0 aliphatic carbocycles. The quantitative estimate of drug-likeness (QED) is 0.528. The summed E-state index contributed by atoms with van der Waals surface area (Å²) in [6.07, 6.45) is 4.32. The normalized spacial score (nSPS) is 19.2. The number of sulfonamides is 1. The number of amides is 1. The molecular formula is C23H28F3N5O3S. The van der Waals surface area contributed by atoms with E-state index >= 15 is 0 Å². The van der Waals surface area contributed by atoms with Crippen LogP contribution in [0.25, 0.3) is 0 Å². The highest BCUT2D eigenvalue weighted by molar-refractivity contribution is 7.89. The highest BCUT2D eigenvalue weighted by atomic mass is 32.2. The molecule has 2 N–H and O–H groups in total. The van der Waals surface area contributed by atoms with Gasteiger partial charge in [-0.3, -0.25) is 14.8 Å². The first-order valence-corrected chi connectivity index (χ1v) is 13.1. The number of aromatic nitrogens is 2. The fourth-order valence-corrected chi connectivity index (χ4v) is 5.94. The van der Waals surface area contributed by atoms with Crippen molar-refractivity contribution >= 4 is 21.6 Å². The van der Waals surface area contributed by atoms with Crippen LogP contribution in [0.2, 0.25) is 0 Å². The van der Waals surface area contributed by atoms with Gasteiger partial charge in [-0.2, -0.15) is 17.5 Å². The molecule has 2 aliphatic rings. The Morgan fingerprint density at radius 2 is 1.91 bits per heavy atom. The minimum absolute atomic E-state index is 0.0301. The Bertz CT molecular complexity index is 1110. The van der Waals surface area contributed by atoms with Crippen molar-refractivity contribution in [1.29, 1.82) is 0 Å². The van der Waals surface area contributed by atoms with Crippen LogP contribution in [0.4, 0.5) is 18.9 Å².